The fraction of sp³-hybridized carbons (Fsp3) is 0.737. The minimum atomic E-state index is -3.53. The van der Waals surface area contributed by atoms with E-state index in [1.165, 1.54) is 16.6 Å². The van der Waals surface area contributed by atoms with Crippen LogP contribution in [0.15, 0.2) is 17.2 Å². The molecule has 0 saturated carbocycles. The molecule has 0 radical (unpaired) electrons. The highest BCUT2D eigenvalue weighted by molar-refractivity contribution is 7.89. The highest BCUT2D eigenvalue weighted by Crippen LogP contribution is 2.22. The molecule has 27 heavy (non-hydrogen) atoms. The number of hydrogen-bond acceptors (Lipinski definition) is 4. The SMILES string of the molecule is CC(CCC1CCCO1)NC(=O)c1cc(S(=O)(=O)N2CCCCC2)cn1C. The summed E-state index contributed by atoms with van der Waals surface area (Å²) >= 11 is 0. The number of carbonyl (C=O) groups is 1. The minimum absolute atomic E-state index is 0.0127. The number of amides is 1. The molecule has 1 N–H and O–H groups in total. The quantitative estimate of drug-likeness (QED) is 0.765. The van der Waals surface area contributed by atoms with E-state index in [9.17, 15) is 13.2 Å². The third kappa shape index (κ3) is 4.92. The van der Waals surface area contributed by atoms with Crippen LogP contribution in [-0.4, -0.2) is 55.0 Å². The zero-order chi connectivity index (χ0) is 19.4. The molecule has 2 fully saturated rings. The lowest BCUT2D eigenvalue weighted by molar-refractivity contribution is 0.0893. The molecule has 1 aromatic heterocycles. The van der Waals surface area contributed by atoms with Crippen molar-refractivity contribution in [1.29, 1.82) is 0 Å². The Morgan fingerprint density at radius 1 is 1.30 bits per heavy atom. The van der Waals surface area contributed by atoms with E-state index in [0.717, 1.165) is 51.6 Å². The zero-order valence-electron chi connectivity index (χ0n) is 16.3. The van der Waals surface area contributed by atoms with Crippen molar-refractivity contribution in [2.75, 3.05) is 19.7 Å². The lowest BCUT2D eigenvalue weighted by atomic mass is 10.1. The van der Waals surface area contributed by atoms with Crippen molar-refractivity contribution in [2.24, 2.45) is 7.05 Å². The normalized spacial score (nSPS) is 22.7. The van der Waals surface area contributed by atoms with Crippen molar-refractivity contribution in [2.45, 2.75) is 68.9 Å². The maximum atomic E-state index is 12.8. The molecule has 3 rings (SSSR count). The first-order chi connectivity index (χ1) is 12.9. The summed E-state index contributed by atoms with van der Waals surface area (Å²) in [4.78, 5) is 12.8. The Morgan fingerprint density at radius 2 is 2.04 bits per heavy atom. The molecule has 2 saturated heterocycles. The van der Waals surface area contributed by atoms with Crippen molar-refractivity contribution in [1.82, 2.24) is 14.2 Å². The van der Waals surface area contributed by atoms with E-state index in [0.29, 0.717) is 24.9 Å². The van der Waals surface area contributed by atoms with Gasteiger partial charge in [0.2, 0.25) is 10.0 Å². The fourth-order valence-electron chi connectivity index (χ4n) is 3.83. The smallest absolute Gasteiger partial charge is 0.268 e. The van der Waals surface area contributed by atoms with Gasteiger partial charge in [0, 0.05) is 39.0 Å². The van der Waals surface area contributed by atoms with Gasteiger partial charge < -0.3 is 14.6 Å². The number of rotatable bonds is 7. The van der Waals surface area contributed by atoms with Gasteiger partial charge in [0.25, 0.3) is 5.91 Å². The van der Waals surface area contributed by atoms with Gasteiger partial charge in [-0.15, -0.1) is 0 Å². The molecule has 0 bridgehead atoms. The minimum Gasteiger partial charge on any atom is -0.378 e. The van der Waals surface area contributed by atoms with Crippen molar-refractivity contribution < 1.29 is 17.9 Å². The number of carbonyl (C=O) groups excluding carboxylic acids is 1. The third-order valence-electron chi connectivity index (χ3n) is 5.49. The first kappa shape index (κ1) is 20.4. The lowest BCUT2D eigenvalue weighted by Crippen LogP contribution is -2.35. The van der Waals surface area contributed by atoms with Crippen LogP contribution in [0.3, 0.4) is 0 Å². The average molecular weight is 398 g/mol. The van der Waals surface area contributed by atoms with Crippen LogP contribution in [-0.2, 0) is 21.8 Å². The summed E-state index contributed by atoms with van der Waals surface area (Å²) in [6, 6.07) is 1.50. The van der Waals surface area contributed by atoms with E-state index in [4.69, 9.17) is 4.74 Å². The fourth-order valence-corrected chi connectivity index (χ4v) is 5.42. The van der Waals surface area contributed by atoms with Gasteiger partial charge in [0.15, 0.2) is 0 Å². The Morgan fingerprint density at radius 3 is 2.70 bits per heavy atom. The van der Waals surface area contributed by atoms with Crippen LogP contribution in [0.5, 0.6) is 0 Å². The van der Waals surface area contributed by atoms with Gasteiger partial charge in [-0.2, -0.15) is 4.31 Å². The van der Waals surface area contributed by atoms with Gasteiger partial charge in [-0.25, -0.2) is 8.42 Å². The second-order valence-electron chi connectivity index (χ2n) is 7.72. The average Bonchev–Trinajstić information content (AvgIpc) is 3.30. The summed E-state index contributed by atoms with van der Waals surface area (Å²) in [5.41, 5.74) is 0.370. The maximum Gasteiger partial charge on any atom is 0.268 e. The van der Waals surface area contributed by atoms with Gasteiger partial charge in [0.05, 0.1) is 6.10 Å². The lowest BCUT2D eigenvalue weighted by Gasteiger charge is -2.25. The number of nitrogens with zero attached hydrogens (tertiary/aromatic N) is 2. The maximum absolute atomic E-state index is 12.8. The van der Waals surface area contributed by atoms with E-state index in [1.807, 2.05) is 6.92 Å². The highest BCUT2D eigenvalue weighted by Gasteiger charge is 2.28. The first-order valence-corrected chi connectivity index (χ1v) is 11.4. The molecule has 2 atom stereocenters. The van der Waals surface area contributed by atoms with Gasteiger partial charge >= 0.3 is 0 Å². The standard InChI is InChI=1S/C19H31N3O4S/c1-15(8-9-16-7-6-12-26-16)20-19(23)18-13-17(14-21(18)2)27(24,25)22-10-4-3-5-11-22/h13-16H,3-12H2,1-2H3,(H,20,23). The van der Waals surface area contributed by atoms with Crippen molar-refractivity contribution in [3.63, 3.8) is 0 Å². The topological polar surface area (TPSA) is 80.6 Å². The number of piperidine rings is 1. The number of aryl methyl sites for hydroxylation is 1. The molecule has 0 spiro atoms. The van der Waals surface area contributed by atoms with E-state index in [-0.39, 0.29) is 16.8 Å². The van der Waals surface area contributed by atoms with E-state index >= 15 is 0 Å². The Bertz CT molecular complexity index is 747. The van der Waals surface area contributed by atoms with Crippen LogP contribution in [0.4, 0.5) is 0 Å². The summed E-state index contributed by atoms with van der Waals surface area (Å²) in [6.07, 6.45) is 8.68. The zero-order valence-corrected chi connectivity index (χ0v) is 17.1. The Kier molecular flexibility index (Phi) is 6.60. The summed E-state index contributed by atoms with van der Waals surface area (Å²) in [7, 11) is -1.82. The Labute approximate surface area is 162 Å². The van der Waals surface area contributed by atoms with Crippen LogP contribution < -0.4 is 5.32 Å². The van der Waals surface area contributed by atoms with Crippen LogP contribution in [0, 0.1) is 0 Å². The van der Waals surface area contributed by atoms with Crippen LogP contribution >= 0.6 is 0 Å². The Balaban J connectivity index is 1.61. The summed E-state index contributed by atoms with van der Waals surface area (Å²) in [6.45, 7) is 3.92. The van der Waals surface area contributed by atoms with Crippen LogP contribution in [0.1, 0.15) is 62.4 Å². The molecule has 1 aromatic rings. The molecule has 2 unspecified atom stereocenters. The molecule has 152 valence electrons. The molecule has 1 amide bonds. The van der Waals surface area contributed by atoms with E-state index < -0.39 is 10.0 Å². The van der Waals surface area contributed by atoms with Crippen molar-refractivity contribution in [3.05, 3.63) is 18.0 Å². The van der Waals surface area contributed by atoms with Crippen LogP contribution in [0.2, 0.25) is 0 Å². The van der Waals surface area contributed by atoms with Gasteiger partial charge in [-0.05, 0) is 51.5 Å². The van der Waals surface area contributed by atoms with Crippen molar-refractivity contribution in [3.8, 4) is 0 Å². The number of aromatic nitrogens is 1. The first-order valence-electron chi connectivity index (χ1n) is 9.97. The summed E-state index contributed by atoms with van der Waals surface area (Å²) in [5.74, 6) is -0.238. The summed E-state index contributed by atoms with van der Waals surface area (Å²) in [5, 5.41) is 2.98. The Hall–Kier alpha value is -1.38. The number of hydrogen-bond donors (Lipinski definition) is 1. The highest BCUT2D eigenvalue weighted by atomic mass is 32.2. The van der Waals surface area contributed by atoms with Gasteiger partial charge in [-0.1, -0.05) is 6.42 Å². The largest absolute Gasteiger partial charge is 0.378 e. The molecule has 3 heterocycles. The molecular weight excluding hydrogens is 366 g/mol. The molecule has 0 aromatic carbocycles. The number of nitrogens with one attached hydrogen (secondary N) is 1. The number of sulfonamides is 1. The predicted octanol–water partition coefficient (Wildman–Crippen LogP) is 2.28. The number of ether oxygens (including phenoxy) is 1. The summed E-state index contributed by atoms with van der Waals surface area (Å²) < 4.78 is 34.4. The third-order valence-corrected chi connectivity index (χ3v) is 7.35. The predicted molar refractivity (Wildman–Crippen MR) is 103 cm³/mol. The molecule has 2 aliphatic heterocycles. The second-order valence-corrected chi connectivity index (χ2v) is 9.66. The second kappa shape index (κ2) is 8.75. The molecule has 2 aliphatic rings. The molecule has 8 heteroatoms. The van der Waals surface area contributed by atoms with Crippen LogP contribution in [0.25, 0.3) is 0 Å². The molecule has 7 nitrogen and oxygen atoms in total. The monoisotopic (exact) mass is 397 g/mol. The molecule has 0 aliphatic carbocycles. The van der Waals surface area contributed by atoms with E-state index in [1.54, 1.807) is 11.6 Å². The van der Waals surface area contributed by atoms with E-state index in [2.05, 4.69) is 5.32 Å². The molecular formula is C19H31N3O4S. The van der Waals surface area contributed by atoms with Crippen molar-refractivity contribution >= 4 is 15.9 Å². The van der Waals surface area contributed by atoms with Gasteiger partial charge in [0.1, 0.15) is 10.6 Å². The van der Waals surface area contributed by atoms with Gasteiger partial charge in [-0.3, -0.25) is 4.79 Å².